The third-order valence-electron chi connectivity index (χ3n) is 2.43. The Balaban J connectivity index is 2.21. The molecule has 82 valence electrons. The van der Waals surface area contributed by atoms with Gasteiger partial charge in [0.05, 0.1) is 6.67 Å². The van der Waals surface area contributed by atoms with Crippen molar-refractivity contribution in [2.24, 2.45) is 10.9 Å². The highest BCUT2D eigenvalue weighted by Crippen LogP contribution is 2.26. The Labute approximate surface area is 83.6 Å². The Hall–Kier alpha value is -0.840. The van der Waals surface area contributed by atoms with E-state index in [-0.39, 0.29) is 12.5 Å². The van der Waals surface area contributed by atoms with Gasteiger partial charge >= 0.3 is 0 Å². The van der Waals surface area contributed by atoms with E-state index in [1.165, 1.54) is 12.8 Å². The summed E-state index contributed by atoms with van der Waals surface area (Å²) >= 11 is 0. The number of rotatable bonds is 7. The maximum Gasteiger partial charge on any atom is 0.140 e. The zero-order valence-corrected chi connectivity index (χ0v) is 8.32. The van der Waals surface area contributed by atoms with E-state index in [1.807, 2.05) is 0 Å². The van der Waals surface area contributed by atoms with Crippen LogP contribution in [-0.2, 0) is 0 Å². The summed E-state index contributed by atoms with van der Waals surface area (Å²) in [6.07, 6.45) is 3.52. The van der Waals surface area contributed by atoms with Crippen LogP contribution < -0.4 is 5.73 Å². The molecule has 0 radical (unpaired) electrons. The minimum absolute atomic E-state index is 0.246. The van der Waals surface area contributed by atoms with Gasteiger partial charge in [-0.05, 0) is 19.3 Å². The SMILES string of the molecule is NC(CCN(CCCF)C1CC1)=NO. The van der Waals surface area contributed by atoms with Gasteiger partial charge in [-0.1, -0.05) is 5.16 Å². The highest BCUT2D eigenvalue weighted by molar-refractivity contribution is 5.79. The first-order chi connectivity index (χ1) is 6.77. The van der Waals surface area contributed by atoms with E-state index in [2.05, 4.69) is 10.1 Å². The number of oxime groups is 1. The van der Waals surface area contributed by atoms with E-state index >= 15 is 0 Å². The predicted molar refractivity (Wildman–Crippen MR) is 53.2 cm³/mol. The van der Waals surface area contributed by atoms with Crippen LogP contribution in [0.5, 0.6) is 0 Å². The highest BCUT2D eigenvalue weighted by atomic mass is 19.1. The molecular formula is C9H18FN3O. The van der Waals surface area contributed by atoms with E-state index in [0.29, 0.717) is 18.9 Å². The zero-order valence-electron chi connectivity index (χ0n) is 8.32. The van der Waals surface area contributed by atoms with Crippen LogP contribution in [0.3, 0.4) is 0 Å². The van der Waals surface area contributed by atoms with Crippen molar-refractivity contribution in [1.82, 2.24) is 4.90 Å². The molecule has 0 heterocycles. The fourth-order valence-electron chi connectivity index (χ4n) is 1.49. The number of hydrogen-bond acceptors (Lipinski definition) is 3. The molecule has 0 aromatic heterocycles. The van der Waals surface area contributed by atoms with E-state index in [9.17, 15) is 4.39 Å². The summed E-state index contributed by atoms with van der Waals surface area (Å²) in [4.78, 5) is 2.22. The molecule has 0 aromatic rings. The quantitative estimate of drug-likeness (QED) is 0.280. The number of amidine groups is 1. The van der Waals surface area contributed by atoms with E-state index in [4.69, 9.17) is 10.9 Å². The Morgan fingerprint density at radius 1 is 1.50 bits per heavy atom. The average molecular weight is 203 g/mol. The van der Waals surface area contributed by atoms with Gasteiger partial charge in [0.25, 0.3) is 0 Å². The minimum atomic E-state index is -0.271. The molecule has 0 amide bonds. The summed E-state index contributed by atoms with van der Waals surface area (Å²) in [5, 5.41) is 11.3. The van der Waals surface area contributed by atoms with Crippen LogP contribution in [0.1, 0.15) is 25.7 Å². The molecule has 3 N–H and O–H groups in total. The van der Waals surface area contributed by atoms with E-state index < -0.39 is 0 Å². The van der Waals surface area contributed by atoms with Gasteiger partial charge in [0, 0.05) is 25.6 Å². The average Bonchev–Trinajstić information content (AvgIpc) is 3.01. The lowest BCUT2D eigenvalue weighted by atomic mass is 10.3. The van der Waals surface area contributed by atoms with Gasteiger partial charge in [-0.25, -0.2) is 0 Å². The molecule has 1 rings (SSSR count). The van der Waals surface area contributed by atoms with Crippen molar-refractivity contribution in [2.75, 3.05) is 19.8 Å². The van der Waals surface area contributed by atoms with Crippen molar-refractivity contribution in [1.29, 1.82) is 0 Å². The smallest absolute Gasteiger partial charge is 0.140 e. The molecular weight excluding hydrogens is 185 g/mol. The highest BCUT2D eigenvalue weighted by Gasteiger charge is 2.28. The lowest BCUT2D eigenvalue weighted by molar-refractivity contribution is 0.253. The van der Waals surface area contributed by atoms with Crippen LogP contribution in [0.4, 0.5) is 4.39 Å². The van der Waals surface area contributed by atoms with Crippen molar-refractivity contribution in [3.05, 3.63) is 0 Å². The Kier molecular flexibility index (Phi) is 4.65. The molecule has 1 fully saturated rings. The van der Waals surface area contributed by atoms with Gasteiger partial charge in [0.1, 0.15) is 5.84 Å². The number of nitrogens with two attached hydrogens (primary N) is 1. The first kappa shape index (κ1) is 11.2. The standard InChI is InChI=1S/C9H18FN3O/c10-5-1-6-13(8-2-3-8)7-4-9(11)12-14/h8,14H,1-7H2,(H2,11,12). The molecule has 1 aliphatic rings. The fraction of sp³-hybridized carbons (Fsp3) is 0.889. The lowest BCUT2D eigenvalue weighted by Gasteiger charge is -2.20. The summed E-state index contributed by atoms with van der Waals surface area (Å²) in [6, 6.07) is 0.605. The second-order valence-electron chi connectivity index (χ2n) is 3.65. The molecule has 0 bridgehead atoms. The third kappa shape index (κ3) is 3.91. The molecule has 0 unspecified atom stereocenters. The van der Waals surface area contributed by atoms with Crippen LogP contribution >= 0.6 is 0 Å². The molecule has 4 nitrogen and oxygen atoms in total. The largest absolute Gasteiger partial charge is 0.409 e. The van der Waals surface area contributed by atoms with Crippen molar-refractivity contribution in [3.63, 3.8) is 0 Å². The first-order valence-corrected chi connectivity index (χ1v) is 5.04. The molecule has 0 aromatic carbocycles. The second kappa shape index (κ2) is 5.80. The van der Waals surface area contributed by atoms with Crippen molar-refractivity contribution in [3.8, 4) is 0 Å². The fourth-order valence-corrected chi connectivity index (χ4v) is 1.49. The molecule has 0 spiro atoms. The summed E-state index contributed by atoms with van der Waals surface area (Å²) in [7, 11) is 0. The number of hydrogen-bond donors (Lipinski definition) is 2. The molecule has 1 aliphatic carbocycles. The molecule has 14 heavy (non-hydrogen) atoms. The molecule has 0 aliphatic heterocycles. The number of halogens is 1. The Morgan fingerprint density at radius 2 is 2.21 bits per heavy atom. The van der Waals surface area contributed by atoms with Gasteiger partial charge in [-0.3, -0.25) is 9.29 Å². The monoisotopic (exact) mass is 203 g/mol. The topological polar surface area (TPSA) is 61.8 Å². The van der Waals surface area contributed by atoms with E-state index in [0.717, 1.165) is 13.1 Å². The van der Waals surface area contributed by atoms with Gasteiger partial charge in [0.2, 0.25) is 0 Å². The van der Waals surface area contributed by atoms with Crippen molar-refractivity contribution >= 4 is 5.84 Å². The van der Waals surface area contributed by atoms with Gasteiger partial charge in [-0.2, -0.15) is 0 Å². The molecule has 0 atom stereocenters. The Bertz CT molecular complexity index is 194. The van der Waals surface area contributed by atoms with Gasteiger partial charge in [-0.15, -0.1) is 0 Å². The molecule has 0 saturated heterocycles. The summed E-state index contributed by atoms with van der Waals surface area (Å²) in [5.41, 5.74) is 5.37. The lowest BCUT2D eigenvalue weighted by Crippen LogP contribution is -2.31. The third-order valence-corrected chi connectivity index (χ3v) is 2.43. The second-order valence-corrected chi connectivity index (χ2v) is 3.65. The van der Waals surface area contributed by atoms with Crippen molar-refractivity contribution in [2.45, 2.75) is 31.7 Å². The van der Waals surface area contributed by atoms with Gasteiger partial charge < -0.3 is 10.9 Å². The van der Waals surface area contributed by atoms with E-state index in [1.54, 1.807) is 0 Å². The van der Waals surface area contributed by atoms with Crippen LogP contribution in [0.25, 0.3) is 0 Å². The van der Waals surface area contributed by atoms with Crippen LogP contribution in [0.15, 0.2) is 5.16 Å². The molecule has 5 heteroatoms. The Morgan fingerprint density at radius 3 is 2.71 bits per heavy atom. The molecule has 1 saturated carbocycles. The summed E-state index contributed by atoms with van der Waals surface area (Å²) < 4.78 is 12.0. The normalized spacial score (nSPS) is 17.7. The number of nitrogens with zero attached hydrogens (tertiary/aromatic N) is 2. The maximum absolute atomic E-state index is 12.0. The van der Waals surface area contributed by atoms with Crippen LogP contribution in [-0.4, -0.2) is 41.7 Å². The first-order valence-electron chi connectivity index (χ1n) is 5.04. The zero-order chi connectivity index (χ0) is 10.4. The predicted octanol–water partition coefficient (Wildman–Crippen LogP) is 0.947. The summed E-state index contributed by atoms with van der Waals surface area (Å²) in [5.74, 6) is 0.246. The maximum atomic E-state index is 12.0. The van der Waals surface area contributed by atoms with Crippen LogP contribution in [0.2, 0.25) is 0 Å². The van der Waals surface area contributed by atoms with Gasteiger partial charge in [0.15, 0.2) is 0 Å². The minimum Gasteiger partial charge on any atom is -0.409 e. The summed E-state index contributed by atoms with van der Waals surface area (Å²) in [6.45, 7) is 1.27. The van der Waals surface area contributed by atoms with Crippen molar-refractivity contribution < 1.29 is 9.60 Å². The van der Waals surface area contributed by atoms with Crippen LogP contribution in [0, 0.1) is 0 Å². The number of alkyl halides is 1.